The van der Waals surface area contributed by atoms with Crippen molar-refractivity contribution in [2.24, 2.45) is 0 Å². The standard InChI is InChI=1S/C18H13Cl2N3O2/c1-11(24)22-16-4-2-12(3-5-16)6-13(10-21)18(25)23-17-8-14(19)7-15(20)9-17/h2-9H,1H3,(H,22,24)(H,23,25)/b13-6+. The third kappa shape index (κ3) is 5.64. The van der Waals surface area contributed by atoms with Crippen molar-refractivity contribution in [3.05, 3.63) is 63.6 Å². The number of anilines is 2. The van der Waals surface area contributed by atoms with Gasteiger partial charge < -0.3 is 10.6 Å². The first-order valence-electron chi connectivity index (χ1n) is 7.14. The fourth-order valence-corrected chi connectivity index (χ4v) is 2.53. The van der Waals surface area contributed by atoms with Crippen LogP contribution in [-0.2, 0) is 9.59 Å². The Labute approximate surface area is 154 Å². The largest absolute Gasteiger partial charge is 0.326 e. The summed E-state index contributed by atoms with van der Waals surface area (Å²) in [7, 11) is 0. The highest BCUT2D eigenvalue weighted by Gasteiger charge is 2.10. The number of hydrogen-bond acceptors (Lipinski definition) is 3. The highest BCUT2D eigenvalue weighted by molar-refractivity contribution is 6.35. The normalized spacial score (nSPS) is 10.7. The third-order valence-electron chi connectivity index (χ3n) is 3.03. The van der Waals surface area contributed by atoms with Crippen LogP contribution >= 0.6 is 23.2 Å². The molecule has 0 radical (unpaired) electrons. The molecule has 25 heavy (non-hydrogen) atoms. The molecule has 0 bridgehead atoms. The lowest BCUT2D eigenvalue weighted by Gasteiger charge is -2.06. The molecule has 0 unspecified atom stereocenters. The quantitative estimate of drug-likeness (QED) is 0.611. The van der Waals surface area contributed by atoms with Gasteiger partial charge >= 0.3 is 0 Å². The highest BCUT2D eigenvalue weighted by atomic mass is 35.5. The van der Waals surface area contributed by atoms with Gasteiger partial charge in [-0.2, -0.15) is 5.26 Å². The first kappa shape index (κ1) is 18.5. The predicted molar refractivity (Wildman–Crippen MR) is 99.4 cm³/mol. The first-order valence-corrected chi connectivity index (χ1v) is 7.90. The van der Waals surface area contributed by atoms with Gasteiger partial charge in [0.1, 0.15) is 11.6 Å². The minimum Gasteiger partial charge on any atom is -0.326 e. The van der Waals surface area contributed by atoms with E-state index in [9.17, 15) is 14.9 Å². The van der Waals surface area contributed by atoms with E-state index in [1.807, 2.05) is 6.07 Å². The minimum atomic E-state index is -0.577. The van der Waals surface area contributed by atoms with E-state index in [0.29, 0.717) is 27.0 Å². The van der Waals surface area contributed by atoms with Crippen LogP contribution in [0.2, 0.25) is 10.0 Å². The molecular formula is C18H13Cl2N3O2. The fourth-order valence-electron chi connectivity index (χ4n) is 2.01. The molecule has 7 heteroatoms. The molecule has 0 aromatic heterocycles. The second kappa shape index (κ2) is 8.34. The second-order valence-electron chi connectivity index (χ2n) is 5.09. The summed E-state index contributed by atoms with van der Waals surface area (Å²) in [6, 6.07) is 13.2. The molecule has 2 aromatic carbocycles. The SMILES string of the molecule is CC(=O)Nc1ccc(/C=C(\C#N)C(=O)Nc2cc(Cl)cc(Cl)c2)cc1. The van der Waals surface area contributed by atoms with Crippen molar-refractivity contribution in [1.29, 1.82) is 5.26 Å². The third-order valence-corrected chi connectivity index (χ3v) is 3.46. The topological polar surface area (TPSA) is 82.0 Å². The molecule has 5 nitrogen and oxygen atoms in total. The fraction of sp³-hybridized carbons (Fsp3) is 0.0556. The lowest BCUT2D eigenvalue weighted by molar-refractivity contribution is -0.114. The van der Waals surface area contributed by atoms with Crippen molar-refractivity contribution in [1.82, 2.24) is 0 Å². The van der Waals surface area contributed by atoms with E-state index >= 15 is 0 Å². The van der Waals surface area contributed by atoms with Gasteiger partial charge in [-0.05, 0) is 42.0 Å². The van der Waals surface area contributed by atoms with Gasteiger partial charge in [-0.1, -0.05) is 35.3 Å². The molecule has 0 saturated carbocycles. The number of nitrogens with zero attached hydrogens (tertiary/aromatic N) is 1. The first-order chi connectivity index (χ1) is 11.9. The van der Waals surface area contributed by atoms with Crippen LogP contribution in [0.5, 0.6) is 0 Å². The van der Waals surface area contributed by atoms with Gasteiger partial charge in [0.05, 0.1) is 0 Å². The maximum Gasteiger partial charge on any atom is 0.266 e. The zero-order valence-electron chi connectivity index (χ0n) is 13.1. The van der Waals surface area contributed by atoms with Crippen molar-refractivity contribution < 1.29 is 9.59 Å². The molecule has 0 aliphatic heterocycles. The van der Waals surface area contributed by atoms with E-state index < -0.39 is 5.91 Å². The maximum absolute atomic E-state index is 12.2. The monoisotopic (exact) mass is 373 g/mol. The van der Waals surface area contributed by atoms with Crippen LogP contribution in [0.25, 0.3) is 6.08 Å². The van der Waals surface area contributed by atoms with E-state index in [4.69, 9.17) is 23.2 Å². The van der Waals surface area contributed by atoms with Crippen LogP contribution in [0.15, 0.2) is 48.0 Å². The molecule has 2 aromatic rings. The van der Waals surface area contributed by atoms with Crippen molar-refractivity contribution in [3.8, 4) is 6.07 Å². The van der Waals surface area contributed by atoms with E-state index in [2.05, 4.69) is 10.6 Å². The lowest BCUT2D eigenvalue weighted by atomic mass is 10.1. The smallest absolute Gasteiger partial charge is 0.266 e. The summed E-state index contributed by atoms with van der Waals surface area (Å²) < 4.78 is 0. The number of halogens is 2. The molecule has 0 saturated heterocycles. The molecule has 126 valence electrons. The molecule has 0 aliphatic carbocycles. The highest BCUT2D eigenvalue weighted by Crippen LogP contribution is 2.23. The van der Waals surface area contributed by atoms with Crippen LogP contribution in [0.1, 0.15) is 12.5 Å². The Morgan fingerprint density at radius 2 is 1.60 bits per heavy atom. The molecule has 2 rings (SSSR count). The Morgan fingerprint density at radius 3 is 2.12 bits per heavy atom. The van der Waals surface area contributed by atoms with Crippen molar-refractivity contribution in [3.63, 3.8) is 0 Å². The number of hydrogen-bond donors (Lipinski definition) is 2. The van der Waals surface area contributed by atoms with Crippen LogP contribution in [-0.4, -0.2) is 11.8 Å². The Bertz CT molecular complexity index is 864. The molecule has 0 fully saturated rings. The van der Waals surface area contributed by atoms with Gasteiger partial charge in [0.15, 0.2) is 0 Å². The number of nitriles is 1. The summed E-state index contributed by atoms with van der Waals surface area (Å²) in [6.07, 6.45) is 1.44. The Morgan fingerprint density at radius 1 is 1.00 bits per heavy atom. The molecule has 0 heterocycles. The summed E-state index contributed by atoms with van der Waals surface area (Å²) in [6.45, 7) is 1.41. The predicted octanol–water partition coefficient (Wildman–Crippen LogP) is 4.50. The number of benzene rings is 2. The summed E-state index contributed by atoms with van der Waals surface area (Å²) in [5.74, 6) is -0.757. The second-order valence-corrected chi connectivity index (χ2v) is 5.96. The number of rotatable bonds is 4. The van der Waals surface area contributed by atoms with Gasteiger partial charge in [-0.3, -0.25) is 9.59 Å². The van der Waals surface area contributed by atoms with E-state index in [1.165, 1.54) is 31.2 Å². The molecule has 0 atom stereocenters. The number of amides is 2. The van der Waals surface area contributed by atoms with Crippen LogP contribution in [0, 0.1) is 11.3 Å². The van der Waals surface area contributed by atoms with E-state index in [-0.39, 0.29) is 11.5 Å². The van der Waals surface area contributed by atoms with Crippen LogP contribution in [0.4, 0.5) is 11.4 Å². The molecule has 2 amide bonds. The molecule has 2 N–H and O–H groups in total. The zero-order valence-corrected chi connectivity index (χ0v) is 14.7. The van der Waals surface area contributed by atoms with E-state index in [0.717, 1.165) is 0 Å². The zero-order chi connectivity index (χ0) is 18.4. The van der Waals surface area contributed by atoms with Gasteiger partial charge in [0.2, 0.25) is 5.91 Å². The van der Waals surface area contributed by atoms with Crippen molar-refractivity contribution in [2.75, 3.05) is 10.6 Å². The summed E-state index contributed by atoms with van der Waals surface area (Å²) in [5.41, 5.74) is 1.58. The van der Waals surface area contributed by atoms with Gasteiger partial charge in [-0.15, -0.1) is 0 Å². The van der Waals surface area contributed by atoms with Gasteiger partial charge in [0.25, 0.3) is 5.91 Å². The summed E-state index contributed by atoms with van der Waals surface area (Å²) in [4.78, 5) is 23.2. The molecule has 0 spiro atoms. The van der Waals surface area contributed by atoms with E-state index in [1.54, 1.807) is 24.3 Å². The van der Waals surface area contributed by atoms with Gasteiger partial charge in [0, 0.05) is 28.3 Å². The Hall–Kier alpha value is -2.81. The summed E-state index contributed by atoms with van der Waals surface area (Å²) in [5, 5.41) is 15.2. The van der Waals surface area contributed by atoms with Crippen molar-refractivity contribution in [2.45, 2.75) is 6.92 Å². The average molecular weight is 374 g/mol. The maximum atomic E-state index is 12.2. The number of nitrogens with one attached hydrogen (secondary N) is 2. The van der Waals surface area contributed by atoms with Crippen molar-refractivity contribution >= 4 is 52.5 Å². The Balaban J connectivity index is 2.17. The van der Waals surface area contributed by atoms with Crippen LogP contribution in [0.3, 0.4) is 0 Å². The molecule has 0 aliphatic rings. The number of carbonyl (C=O) groups is 2. The molecular weight excluding hydrogens is 361 g/mol. The summed E-state index contributed by atoms with van der Waals surface area (Å²) >= 11 is 11.8. The van der Waals surface area contributed by atoms with Crippen LogP contribution < -0.4 is 10.6 Å². The number of carbonyl (C=O) groups excluding carboxylic acids is 2. The van der Waals surface area contributed by atoms with Gasteiger partial charge in [-0.25, -0.2) is 0 Å². The minimum absolute atomic E-state index is 0.0802. The lowest BCUT2D eigenvalue weighted by Crippen LogP contribution is -2.13. The average Bonchev–Trinajstić information content (AvgIpc) is 2.52. The Kier molecular flexibility index (Phi) is 6.18.